The van der Waals surface area contributed by atoms with Gasteiger partial charge < -0.3 is 10.1 Å². The zero-order valence-electron chi connectivity index (χ0n) is 12.2. The molecule has 0 aliphatic rings. The van der Waals surface area contributed by atoms with Crippen LogP contribution in [-0.4, -0.2) is 18.2 Å². The molecule has 0 unspecified atom stereocenters. The zero-order chi connectivity index (χ0) is 16.0. The number of nitrogens with one attached hydrogen (secondary N) is 1. The Bertz CT molecular complexity index is 519. The van der Waals surface area contributed by atoms with Gasteiger partial charge in [-0.2, -0.15) is 0 Å². The predicted octanol–water partition coefficient (Wildman–Crippen LogP) is 4.91. The molecule has 1 rings (SSSR count). The van der Waals surface area contributed by atoms with Crippen molar-refractivity contribution in [1.82, 2.24) is 5.32 Å². The van der Waals surface area contributed by atoms with Gasteiger partial charge in [0.1, 0.15) is 5.60 Å². The Kier molecular flexibility index (Phi) is 6.49. The number of halogens is 3. The Labute approximate surface area is 134 Å². The minimum absolute atomic E-state index is 0.0511. The van der Waals surface area contributed by atoms with Crippen molar-refractivity contribution in [2.24, 2.45) is 0 Å². The Morgan fingerprint density at radius 2 is 1.86 bits per heavy atom. The van der Waals surface area contributed by atoms with Crippen LogP contribution in [0.15, 0.2) is 30.1 Å². The molecular formula is C15H18Cl2FNO2. The fraction of sp³-hybridized carbons (Fsp3) is 0.400. The van der Waals surface area contributed by atoms with Gasteiger partial charge in [-0.3, -0.25) is 0 Å². The van der Waals surface area contributed by atoms with Crippen molar-refractivity contribution in [2.75, 3.05) is 6.54 Å². The SMILES string of the molecule is CC(C)(C)OC(=O)NC/C(=C\F)Cc1cc(Cl)cc(Cl)c1. The number of rotatable bonds is 4. The highest BCUT2D eigenvalue weighted by molar-refractivity contribution is 6.34. The Hall–Kier alpha value is -1.26. The smallest absolute Gasteiger partial charge is 0.407 e. The minimum atomic E-state index is -0.593. The molecule has 6 heteroatoms. The molecule has 116 valence electrons. The number of carbonyl (C=O) groups is 1. The van der Waals surface area contributed by atoms with Crippen LogP contribution in [0.1, 0.15) is 26.3 Å². The van der Waals surface area contributed by atoms with Gasteiger partial charge >= 0.3 is 6.09 Å². The van der Waals surface area contributed by atoms with Gasteiger partial charge in [0.2, 0.25) is 0 Å². The molecule has 0 atom stereocenters. The first kappa shape index (κ1) is 17.8. The van der Waals surface area contributed by atoms with E-state index < -0.39 is 11.7 Å². The molecule has 21 heavy (non-hydrogen) atoms. The number of alkyl carbamates (subject to hydrolysis) is 1. The molecule has 0 aromatic heterocycles. The standard InChI is InChI=1S/C15H18Cl2FNO2/c1-15(2,3)21-14(20)19-9-11(8-18)4-10-5-12(16)7-13(17)6-10/h5-8H,4,9H2,1-3H3,(H,19,20)/b11-8-. The Morgan fingerprint density at radius 3 is 2.33 bits per heavy atom. The molecule has 0 saturated carbocycles. The summed E-state index contributed by atoms with van der Waals surface area (Å²) in [5, 5.41) is 3.47. The molecule has 0 aliphatic heterocycles. The van der Waals surface area contributed by atoms with Crippen molar-refractivity contribution in [3.8, 4) is 0 Å². The van der Waals surface area contributed by atoms with E-state index in [0.29, 0.717) is 28.4 Å². The highest BCUT2D eigenvalue weighted by Gasteiger charge is 2.16. The highest BCUT2D eigenvalue weighted by Crippen LogP contribution is 2.21. The summed E-state index contributed by atoms with van der Waals surface area (Å²) in [6.07, 6.45) is 0.171. The van der Waals surface area contributed by atoms with E-state index in [1.54, 1.807) is 39.0 Å². The number of benzene rings is 1. The molecule has 0 fully saturated rings. The van der Waals surface area contributed by atoms with Gasteiger partial charge in [-0.25, -0.2) is 9.18 Å². The topological polar surface area (TPSA) is 38.3 Å². The van der Waals surface area contributed by atoms with E-state index in [1.165, 1.54) is 0 Å². The third-order valence-corrected chi connectivity index (χ3v) is 2.80. The molecule has 0 bridgehead atoms. The summed E-state index contributed by atoms with van der Waals surface area (Å²) in [5.41, 5.74) is 0.561. The largest absolute Gasteiger partial charge is 0.444 e. The quantitative estimate of drug-likeness (QED) is 0.849. The predicted molar refractivity (Wildman–Crippen MR) is 83.6 cm³/mol. The summed E-state index contributed by atoms with van der Waals surface area (Å²) >= 11 is 11.8. The van der Waals surface area contributed by atoms with E-state index in [-0.39, 0.29) is 6.54 Å². The third kappa shape index (κ3) is 7.34. The summed E-state index contributed by atoms with van der Waals surface area (Å²) < 4.78 is 18.0. The molecule has 1 amide bonds. The van der Waals surface area contributed by atoms with Crippen LogP contribution < -0.4 is 5.32 Å². The van der Waals surface area contributed by atoms with Gasteiger partial charge in [0.15, 0.2) is 0 Å². The fourth-order valence-electron chi connectivity index (χ4n) is 1.61. The van der Waals surface area contributed by atoms with Crippen molar-refractivity contribution in [3.05, 3.63) is 45.7 Å². The van der Waals surface area contributed by atoms with Gasteiger partial charge in [-0.1, -0.05) is 23.2 Å². The lowest BCUT2D eigenvalue weighted by atomic mass is 10.1. The Balaban J connectivity index is 2.59. The summed E-state index contributed by atoms with van der Waals surface area (Å²) in [7, 11) is 0. The second kappa shape index (κ2) is 7.66. The first-order valence-corrected chi connectivity index (χ1v) is 7.15. The second-order valence-corrected chi connectivity index (χ2v) is 6.45. The van der Waals surface area contributed by atoms with Crippen LogP contribution in [0.5, 0.6) is 0 Å². The molecule has 0 radical (unpaired) electrons. The zero-order valence-corrected chi connectivity index (χ0v) is 13.7. The van der Waals surface area contributed by atoms with Crippen molar-refractivity contribution in [2.45, 2.75) is 32.8 Å². The first-order valence-electron chi connectivity index (χ1n) is 6.39. The number of amides is 1. The van der Waals surface area contributed by atoms with Crippen LogP contribution in [-0.2, 0) is 11.2 Å². The molecule has 1 aromatic carbocycles. The third-order valence-electron chi connectivity index (χ3n) is 2.37. The molecule has 3 nitrogen and oxygen atoms in total. The van der Waals surface area contributed by atoms with Gasteiger partial charge in [-0.15, -0.1) is 0 Å². The number of ether oxygens (including phenoxy) is 1. The molecule has 0 saturated heterocycles. The molecule has 0 spiro atoms. The highest BCUT2D eigenvalue weighted by atomic mass is 35.5. The van der Waals surface area contributed by atoms with Crippen LogP contribution in [0, 0.1) is 0 Å². The molecule has 1 N–H and O–H groups in total. The van der Waals surface area contributed by atoms with Crippen LogP contribution in [0.25, 0.3) is 0 Å². The van der Waals surface area contributed by atoms with Crippen molar-refractivity contribution >= 4 is 29.3 Å². The summed E-state index contributed by atoms with van der Waals surface area (Å²) in [6.45, 7) is 5.32. The minimum Gasteiger partial charge on any atom is -0.444 e. The lowest BCUT2D eigenvalue weighted by Gasteiger charge is -2.20. The van der Waals surface area contributed by atoms with Crippen molar-refractivity contribution < 1.29 is 13.9 Å². The number of hydrogen-bond donors (Lipinski definition) is 1. The maximum atomic E-state index is 12.9. The summed E-state index contributed by atoms with van der Waals surface area (Å²) in [4.78, 5) is 11.5. The molecular weight excluding hydrogens is 316 g/mol. The lowest BCUT2D eigenvalue weighted by molar-refractivity contribution is 0.0532. The van der Waals surface area contributed by atoms with Crippen LogP contribution in [0.3, 0.4) is 0 Å². The first-order chi connectivity index (χ1) is 9.69. The maximum Gasteiger partial charge on any atom is 0.407 e. The van der Waals surface area contributed by atoms with Crippen LogP contribution in [0.2, 0.25) is 10.0 Å². The Morgan fingerprint density at radius 1 is 1.29 bits per heavy atom. The number of carbonyl (C=O) groups excluding carboxylic acids is 1. The van der Waals surface area contributed by atoms with Gasteiger partial charge in [-0.05, 0) is 56.5 Å². The van der Waals surface area contributed by atoms with E-state index >= 15 is 0 Å². The van der Waals surface area contributed by atoms with Crippen molar-refractivity contribution in [1.29, 1.82) is 0 Å². The van der Waals surface area contributed by atoms with Crippen LogP contribution in [0.4, 0.5) is 9.18 Å². The van der Waals surface area contributed by atoms with E-state index in [0.717, 1.165) is 5.56 Å². The second-order valence-electron chi connectivity index (χ2n) is 5.58. The summed E-state index contributed by atoms with van der Waals surface area (Å²) in [5.74, 6) is 0. The van der Waals surface area contributed by atoms with E-state index in [9.17, 15) is 9.18 Å². The average Bonchev–Trinajstić information content (AvgIpc) is 2.31. The lowest BCUT2D eigenvalue weighted by Crippen LogP contribution is -2.33. The van der Waals surface area contributed by atoms with Crippen LogP contribution >= 0.6 is 23.2 Å². The fourth-order valence-corrected chi connectivity index (χ4v) is 2.19. The number of hydrogen-bond acceptors (Lipinski definition) is 2. The summed E-state index contributed by atoms with van der Waals surface area (Å²) in [6, 6.07) is 5.00. The monoisotopic (exact) mass is 333 g/mol. The normalized spacial score (nSPS) is 12.2. The van der Waals surface area contributed by atoms with Gasteiger partial charge in [0, 0.05) is 16.6 Å². The van der Waals surface area contributed by atoms with Gasteiger partial charge in [0.05, 0.1) is 6.33 Å². The van der Waals surface area contributed by atoms with E-state index in [1.807, 2.05) is 0 Å². The van der Waals surface area contributed by atoms with Gasteiger partial charge in [0.25, 0.3) is 0 Å². The molecule has 1 aromatic rings. The van der Waals surface area contributed by atoms with E-state index in [2.05, 4.69) is 5.32 Å². The molecule has 0 heterocycles. The maximum absolute atomic E-state index is 12.9. The van der Waals surface area contributed by atoms with E-state index in [4.69, 9.17) is 27.9 Å². The average molecular weight is 334 g/mol. The molecule has 0 aliphatic carbocycles. The van der Waals surface area contributed by atoms with Crippen molar-refractivity contribution in [3.63, 3.8) is 0 Å².